The van der Waals surface area contributed by atoms with Crippen LogP contribution in [0.3, 0.4) is 0 Å². The van der Waals surface area contributed by atoms with Gasteiger partial charge >= 0.3 is 0 Å². The molecule has 0 aliphatic carbocycles. The first-order valence-electron chi connectivity index (χ1n) is 9.10. The Hall–Kier alpha value is -3.19. The van der Waals surface area contributed by atoms with Crippen LogP contribution < -0.4 is 10.0 Å². The van der Waals surface area contributed by atoms with E-state index in [1.54, 1.807) is 36.5 Å². The smallest absolute Gasteiger partial charge is 0.261 e. The van der Waals surface area contributed by atoms with Gasteiger partial charge in [0.05, 0.1) is 10.5 Å². The highest BCUT2D eigenvalue weighted by molar-refractivity contribution is 7.92. The summed E-state index contributed by atoms with van der Waals surface area (Å²) in [6.07, 6.45) is 3.02. The summed E-state index contributed by atoms with van der Waals surface area (Å²) in [5, 5.41) is 2.69. The predicted molar refractivity (Wildman–Crippen MR) is 115 cm³/mol. The molecule has 0 unspecified atom stereocenters. The topological polar surface area (TPSA) is 88.2 Å². The molecule has 2 aromatic carbocycles. The van der Waals surface area contributed by atoms with Gasteiger partial charge in [-0.05, 0) is 53.4 Å². The number of hydrogen-bond donors (Lipinski definition) is 2. The quantitative estimate of drug-likeness (QED) is 0.652. The van der Waals surface area contributed by atoms with Gasteiger partial charge in [0.15, 0.2) is 0 Å². The zero-order valence-corrected chi connectivity index (χ0v) is 17.3. The number of rotatable bonds is 5. The van der Waals surface area contributed by atoms with Gasteiger partial charge in [0.25, 0.3) is 15.9 Å². The van der Waals surface area contributed by atoms with Gasteiger partial charge in [-0.2, -0.15) is 0 Å². The van der Waals surface area contributed by atoms with Crippen LogP contribution in [0.25, 0.3) is 0 Å². The molecule has 0 saturated carbocycles. The van der Waals surface area contributed by atoms with E-state index < -0.39 is 10.0 Å². The Morgan fingerprint density at radius 2 is 1.66 bits per heavy atom. The fraction of sp³-hybridized carbons (Fsp3) is 0.182. The zero-order chi connectivity index (χ0) is 21.1. The SMILES string of the molecule is CC(C)(C)c1cccc(NS(=O)(=O)c2cccc(NC(=O)c3cccnc3)c2)c1. The van der Waals surface area contributed by atoms with E-state index in [1.807, 2.05) is 18.2 Å². The lowest BCUT2D eigenvalue weighted by molar-refractivity contribution is 0.102. The highest BCUT2D eigenvalue weighted by atomic mass is 32.2. The standard InChI is InChI=1S/C22H23N3O3S/c1-22(2,3)17-8-4-10-19(13-17)25-29(27,28)20-11-5-9-18(14-20)24-21(26)16-7-6-12-23-15-16/h4-15,25H,1-3H3,(H,24,26). The van der Waals surface area contributed by atoms with Gasteiger partial charge in [-0.25, -0.2) is 8.42 Å². The lowest BCUT2D eigenvalue weighted by Gasteiger charge is -2.20. The average molecular weight is 410 g/mol. The second-order valence-corrected chi connectivity index (χ2v) is 9.34. The molecule has 0 radical (unpaired) electrons. The summed E-state index contributed by atoms with van der Waals surface area (Å²) in [4.78, 5) is 16.2. The van der Waals surface area contributed by atoms with E-state index in [0.717, 1.165) is 5.56 Å². The fourth-order valence-corrected chi connectivity index (χ4v) is 3.80. The highest BCUT2D eigenvalue weighted by Gasteiger charge is 2.18. The summed E-state index contributed by atoms with van der Waals surface area (Å²) in [5.41, 5.74) is 2.18. The molecule has 0 bridgehead atoms. The molecular weight excluding hydrogens is 386 g/mol. The maximum Gasteiger partial charge on any atom is 0.261 e. The maximum absolute atomic E-state index is 12.8. The number of amides is 1. The van der Waals surface area contributed by atoms with Crippen molar-refractivity contribution in [3.05, 3.63) is 84.2 Å². The summed E-state index contributed by atoms with van der Waals surface area (Å²) >= 11 is 0. The van der Waals surface area contributed by atoms with Crippen LogP contribution in [0.5, 0.6) is 0 Å². The minimum absolute atomic E-state index is 0.0580. The van der Waals surface area contributed by atoms with Crippen molar-refractivity contribution in [3.8, 4) is 0 Å². The molecule has 3 aromatic rings. The molecular formula is C22H23N3O3S. The molecule has 0 saturated heterocycles. The molecule has 1 heterocycles. The molecule has 0 aliphatic rings. The minimum Gasteiger partial charge on any atom is -0.322 e. The zero-order valence-electron chi connectivity index (χ0n) is 16.5. The summed E-state index contributed by atoms with van der Waals surface area (Å²) in [5.74, 6) is -0.363. The molecule has 1 amide bonds. The Bertz CT molecular complexity index is 1120. The number of hydrogen-bond acceptors (Lipinski definition) is 4. The lowest BCUT2D eigenvalue weighted by atomic mass is 9.87. The number of carbonyl (C=O) groups excluding carboxylic acids is 1. The maximum atomic E-state index is 12.8. The molecule has 3 rings (SSSR count). The first-order valence-corrected chi connectivity index (χ1v) is 10.6. The summed E-state index contributed by atoms with van der Waals surface area (Å²) in [6, 6.07) is 16.7. The van der Waals surface area contributed by atoms with E-state index in [4.69, 9.17) is 0 Å². The van der Waals surface area contributed by atoms with Crippen molar-refractivity contribution in [2.45, 2.75) is 31.1 Å². The van der Waals surface area contributed by atoms with Crippen LogP contribution in [0.1, 0.15) is 36.7 Å². The van der Waals surface area contributed by atoms with Gasteiger partial charge in [-0.15, -0.1) is 0 Å². The van der Waals surface area contributed by atoms with Crippen LogP contribution in [-0.4, -0.2) is 19.3 Å². The molecule has 0 aliphatic heterocycles. The number of sulfonamides is 1. The number of pyridine rings is 1. The first-order chi connectivity index (χ1) is 13.6. The van der Waals surface area contributed by atoms with Gasteiger partial charge in [0.2, 0.25) is 0 Å². The predicted octanol–water partition coefficient (Wildman–Crippen LogP) is 4.43. The number of carbonyl (C=O) groups is 1. The number of nitrogens with one attached hydrogen (secondary N) is 2. The van der Waals surface area contributed by atoms with Crippen LogP contribution >= 0.6 is 0 Å². The summed E-state index contributed by atoms with van der Waals surface area (Å²) in [6.45, 7) is 6.19. The molecule has 0 atom stereocenters. The molecule has 7 heteroatoms. The lowest BCUT2D eigenvalue weighted by Crippen LogP contribution is -2.16. The molecule has 0 fully saturated rings. The van der Waals surface area contributed by atoms with E-state index >= 15 is 0 Å². The van der Waals surface area contributed by atoms with Crippen molar-refractivity contribution in [3.63, 3.8) is 0 Å². The van der Waals surface area contributed by atoms with Crippen molar-refractivity contribution in [1.82, 2.24) is 4.98 Å². The Morgan fingerprint density at radius 3 is 2.34 bits per heavy atom. The largest absolute Gasteiger partial charge is 0.322 e. The Balaban J connectivity index is 1.81. The van der Waals surface area contributed by atoms with Crippen molar-refractivity contribution >= 4 is 27.3 Å². The van der Waals surface area contributed by atoms with Gasteiger partial charge < -0.3 is 5.32 Å². The number of anilines is 2. The molecule has 0 spiro atoms. The van der Waals surface area contributed by atoms with Crippen LogP contribution in [-0.2, 0) is 15.4 Å². The molecule has 1 aromatic heterocycles. The Labute approximate surface area is 171 Å². The molecule has 6 nitrogen and oxygen atoms in total. The number of benzene rings is 2. The summed E-state index contributed by atoms with van der Waals surface area (Å²) in [7, 11) is -3.81. The van der Waals surface area contributed by atoms with E-state index in [1.165, 1.54) is 18.3 Å². The third kappa shape index (κ3) is 5.20. The second kappa shape index (κ2) is 8.05. The molecule has 29 heavy (non-hydrogen) atoms. The third-order valence-corrected chi connectivity index (χ3v) is 5.69. The van der Waals surface area contributed by atoms with Crippen LogP contribution in [0, 0.1) is 0 Å². The number of aromatic nitrogens is 1. The van der Waals surface area contributed by atoms with E-state index in [-0.39, 0.29) is 16.2 Å². The van der Waals surface area contributed by atoms with Gasteiger partial charge in [0, 0.05) is 23.8 Å². The van der Waals surface area contributed by atoms with E-state index in [9.17, 15) is 13.2 Å². The van der Waals surface area contributed by atoms with Crippen LogP contribution in [0.15, 0.2) is 78.0 Å². The van der Waals surface area contributed by atoms with Crippen molar-refractivity contribution < 1.29 is 13.2 Å². The minimum atomic E-state index is -3.81. The van der Waals surface area contributed by atoms with E-state index in [2.05, 4.69) is 35.8 Å². The average Bonchev–Trinajstić information content (AvgIpc) is 2.68. The monoisotopic (exact) mass is 409 g/mol. The second-order valence-electron chi connectivity index (χ2n) is 7.66. The van der Waals surface area contributed by atoms with Gasteiger partial charge in [0.1, 0.15) is 0 Å². The number of nitrogens with zero attached hydrogens (tertiary/aromatic N) is 1. The van der Waals surface area contributed by atoms with Crippen molar-refractivity contribution in [1.29, 1.82) is 0 Å². The Kier molecular flexibility index (Phi) is 5.70. The Morgan fingerprint density at radius 1 is 0.931 bits per heavy atom. The molecule has 2 N–H and O–H groups in total. The fourth-order valence-electron chi connectivity index (χ4n) is 2.70. The van der Waals surface area contributed by atoms with E-state index in [0.29, 0.717) is 16.9 Å². The van der Waals surface area contributed by atoms with Gasteiger partial charge in [-0.3, -0.25) is 14.5 Å². The molecule has 150 valence electrons. The third-order valence-electron chi connectivity index (χ3n) is 4.31. The van der Waals surface area contributed by atoms with Crippen molar-refractivity contribution in [2.24, 2.45) is 0 Å². The normalized spacial score (nSPS) is 11.7. The first kappa shape index (κ1) is 20.5. The van der Waals surface area contributed by atoms with Crippen LogP contribution in [0.2, 0.25) is 0 Å². The van der Waals surface area contributed by atoms with Gasteiger partial charge in [-0.1, -0.05) is 39.0 Å². The van der Waals surface area contributed by atoms with Crippen LogP contribution in [0.4, 0.5) is 11.4 Å². The summed E-state index contributed by atoms with van der Waals surface area (Å²) < 4.78 is 28.3. The van der Waals surface area contributed by atoms with Crippen molar-refractivity contribution in [2.75, 3.05) is 10.0 Å². The highest BCUT2D eigenvalue weighted by Crippen LogP contribution is 2.26.